The van der Waals surface area contributed by atoms with Crippen LogP contribution in [0.25, 0.3) is 0 Å². The van der Waals surface area contributed by atoms with Crippen molar-refractivity contribution in [3.63, 3.8) is 0 Å². The maximum absolute atomic E-state index is 11.0. The Kier molecular flexibility index (Phi) is 17.6. The number of hydrogen-bond donors (Lipinski definition) is 0. The Balaban J connectivity index is -0.00000192. The van der Waals surface area contributed by atoms with Crippen LogP contribution in [-0.4, -0.2) is 136 Å². The van der Waals surface area contributed by atoms with Gasteiger partial charge in [-0.05, 0) is 0 Å². The largest absolute Gasteiger partial charge is 2.00 e. The molecule has 1 fully saturated rings. The van der Waals surface area contributed by atoms with Crippen LogP contribution in [0, 0.1) is 0 Å². The van der Waals surface area contributed by atoms with Gasteiger partial charge in [0, 0.05) is 0 Å². The van der Waals surface area contributed by atoms with Crippen molar-refractivity contribution in [2.24, 2.45) is 0 Å². The van der Waals surface area contributed by atoms with Crippen LogP contribution >= 0.6 is 46.9 Å². The van der Waals surface area contributed by atoms with Gasteiger partial charge in [-0.2, -0.15) is 0 Å². The molecule has 27 heteroatoms. The molecule has 0 radical (unpaired) electrons. The van der Waals surface area contributed by atoms with E-state index in [0.717, 1.165) is 0 Å². The van der Waals surface area contributed by atoms with Crippen molar-refractivity contribution < 1.29 is 82.6 Å². The summed E-state index contributed by atoms with van der Waals surface area (Å²) < 4.78 is 83.4. The molecule has 0 N–H and O–H groups in total. The van der Waals surface area contributed by atoms with E-state index in [2.05, 4.69) is 25.9 Å². The van der Waals surface area contributed by atoms with E-state index in [9.17, 15) is 56.8 Å². The Labute approximate surface area is 260 Å². The third-order valence-electron chi connectivity index (χ3n) is 1.20. The van der Waals surface area contributed by atoms with Gasteiger partial charge in [0.05, 0.1) is 0 Å². The minimum Gasteiger partial charge on any atom is -0.756 e. The van der Waals surface area contributed by atoms with E-state index in [1.54, 1.807) is 0 Å². The van der Waals surface area contributed by atoms with Gasteiger partial charge in [-0.25, -0.2) is 25.9 Å². The van der Waals surface area contributed by atoms with Gasteiger partial charge in [-0.15, -0.1) is 0 Å². The predicted octanol–water partition coefficient (Wildman–Crippen LogP) is -4.23. The van der Waals surface area contributed by atoms with E-state index in [1.807, 2.05) is 0 Å². The molecular weight excluding hydrogens is 737 g/mol. The fourth-order valence-electron chi connectivity index (χ4n) is 0.824. The molecule has 1 heterocycles. The van der Waals surface area contributed by atoms with Crippen molar-refractivity contribution in [2.45, 2.75) is 0 Å². The molecule has 1 aliphatic heterocycles. The van der Waals surface area contributed by atoms with Gasteiger partial charge < -0.3 is 29.4 Å². The second-order valence-corrected chi connectivity index (χ2v) is 12.5. The first-order valence-corrected chi connectivity index (χ1v) is 13.1. The molecule has 0 aromatic rings. The minimum absolute atomic E-state index is 0. The summed E-state index contributed by atoms with van der Waals surface area (Å²) in [7, 11) is -39.3. The number of hydrogen-bond acceptors (Lipinski definition) is 18. The molecule has 0 aromatic carbocycles. The molecule has 27 heavy (non-hydrogen) atoms. The molecule has 0 unspecified atom stereocenters. The molecule has 0 aromatic heterocycles. The van der Waals surface area contributed by atoms with Crippen LogP contribution in [0.5, 0.6) is 0 Å². The van der Waals surface area contributed by atoms with E-state index in [-0.39, 0.29) is 136 Å². The van der Waals surface area contributed by atoms with Crippen LogP contribution in [0.4, 0.5) is 0 Å². The number of rotatable bonds is 0. The third-order valence-corrected chi connectivity index (χ3v) is 10.8. The molecule has 0 amide bonds. The normalized spacial score (nSPS) is 49.1. The summed E-state index contributed by atoms with van der Waals surface area (Å²) in [6, 6.07) is 0. The van der Waals surface area contributed by atoms with E-state index < -0.39 is 46.9 Å². The average molecular weight is 737 g/mol. The summed E-state index contributed by atoms with van der Waals surface area (Å²) in [6.45, 7) is 0. The predicted molar refractivity (Wildman–Crippen MR) is 69.4 cm³/mol. The van der Waals surface area contributed by atoms with Crippen LogP contribution < -0.4 is 29.4 Å². The molecule has 1 rings (SSSR count). The van der Waals surface area contributed by atoms with E-state index in [1.165, 1.54) is 0 Å². The zero-order chi connectivity index (χ0) is 19.2. The van der Waals surface area contributed by atoms with Crippen LogP contribution in [-0.2, 0) is 53.3 Å². The van der Waals surface area contributed by atoms with Gasteiger partial charge in [0.2, 0.25) is 0 Å². The van der Waals surface area contributed by atoms with E-state index in [4.69, 9.17) is 0 Å². The smallest absolute Gasteiger partial charge is 0.756 e. The summed E-state index contributed by atoms with van der Waals surface area (Å²) >= 11 is 0. The molecule has 18 nitrogen and oxygen atoms in total. The molecule has 0 atom stereocenters. The average Bonchev–Trinajstić information content (AvgIpc) is 1.98. The maximum atomic E-state index is 11.0. The van der Waals surface area contributed by atoms with Crippen molar-refractivity contribution in [1.82, 2.24) is 0 Å². The topological polar surface area (TPSA) is 296 Å². The van der Waals surface area contributed by atoms with Crippen molar-refractivity contribution in [3.8, 4) is 0 Å². The van der Waals surface area contributed by atoms with Gasteiger partial charge in [0.1, 0.15) is 0 Å². The zero-order valence-corrected chi connectivity index (χ0v) is 27.9. The van der Waals surface area contributed by atoms with E-state index in [0.29, 0.717) is 0 Å². The summed E-state index contributed by atoms with van der Waals surface area (Å²) in [4.78, 5) is 65.8. The Bertz CT molecular complexity index is 588. The molecule has 1 saturated heterocycles. The standard InChI is InChI=1S/H6O18P6.3Sr/c1-19(2)13-20(3,4)15-22(7,8)17-24(11,12)18-23(9,10)16-21(5,6)14-19;;;/h(H,1,2)(H,3,4)(H,5,6)(H,7,8)(H,9,10)(H,11,12);;;/q;3*+2/p-6. The summed E-state index contributed by atoms with van der Waals surface area (Å²) in [5, 5.41) is 0. The summed E-state index contributed by atoms with van der Waals surface area (Å²) in [5.74, 6) is 0. The van der Waals surface area contributed by atoms with Crippen molar-refractivity contribution in [2.75, 3.05) is 0 Å². The van der Waals surface area contributed by atoms with Gasteiger partial charge in [-0.3, -0.25) is 27.4 Å². The minimum atomic E-state index is -6.56. The monoisotopic (exact) mass is 737 g/mol. The second-order valence-electron chi connectivity index (χ2n) is 3.17. The maximum Gasteiger partial charge on any atom is 2.00 e. The summed E-state index contributed by atoms with van der Waals surface area (Å²) in [6.07, 6.45) is 0. The Morgan fingerprint density at radius 1 is 0.333 bits per heavy atom. The molecular formula is O18P6Sr3. The molecule has 0 bridgehead atoms. The fourth-order valence-corrected chi connectivity index (χ4v) is 9.03. The third kappa shape index (κ3) is 15.8. The second kappa shape index (κ2) is 12.9. The van der Waals surface area contributed by atoms with Gasteiger partial charge in [-0.1, -0.05) is 0 Å². The number of phosphoric acid groups is 6. The Hall–Kier alpha value is 5.34. The Morgan fingerprint density at radius 3 is 0.481 bits per heavy atom. The van der Waals surface area contributed by atoms with Gasteiger partial charge in [0.15, 0.2) is 0 Å². The quantitative estimate of drug-likeness (QED) is 0.168. The van der Waals surface area contributed by atoms with Crippen molar-refractivity contribution in [1.29, 1.82) is 0 Å². The van der Waals surface area contributed by atoms with Crippen LogP contribution in [0.1, 0.15) is 0 Å². The van der Waals surface area contributed by atoms with Crippen molar-refractivity contribution >= 4 is 183 Å². The van der Waals surface area contributed by atoms with Gasteiger partial charge >= 0.3 is 136 Å². The summed E-state index contributed by atoms with van der Waals surface area (Å²) in [5.41, 5.74) is 0. The van der Waals surface area contributed by atoms with Crippen molar-refractivity contribution in [3.05, 3.63) is 0 Å². The first-order valence-electron chi connectivity index (χ1n) is 4.38. The molecule has 1 aliphatic rings. The van der Waals surface area contributed by atoms with Crippen LogP contribution in [0.15, 0.2) is 0 Å². The van der Waals surface area contributed by atoms with E-state index >= 15 is 0 Å². The zero-order valence-electron chi connectivity index (χ0n) is 12.2. The SMILES string of the molecule is O=P1([O-])OP(=O)([O-])OP(=O)([O-])OP(=O)([O-])OP(=O)([O-])OP(=O)([O-])O1.[Sr+2].[Sr+2].[Sr+2]. The van der Waals surface area contributed by atoms with Crippen LogP contribution in [0.3, 0.4) is 0 Å². The molecule has 0 spiro atoms. The molecule has 144 valence electrons. The van der Waals surface area contributed by atoms with Crippen LogP contribution in [0.2, 0.25) is 0 Å². The Morgan fingerprint density at radius 2 is 0.407 bits per heavy atom. The van der Waals surface area contributed by atoms with Gasteiger partial charge in [0.25, 0.3) is 46.9 Å². The first-order chi connectivity index (χ1) is 10.2. The first kappa shape index (κ1) is 36.9. The molecule has 0 saturated carbocycles. The fraction of sp³-hybridized carbons (Fsp3) is 0. The molecule has 0 aliphatic carbocycles.